The van der Waals surface area contributed by atoms with Crippen molar-refractivity contribution >= 4 is 29.9 Å². The van der Waals surface area contributed by atoms with Crippen molar-refractivity contribution in [2.45, 2.75) is 52.5 Å². The molecule has 0 aliphatic heterocycles. The lowest BCUT2D eigenvalue weighted by Gasteiger charge is -2.32. The standard InChI is InChI=1S/C14H29N3O.HI/c1-4-15-14(16-9-10-18)17-13-7-5-12(6-8-13)11(2)3;/h11-13,18H,4-10H2,1-3H3,(H2,15,16,17);1H. The fraction of sp³-hybridized carbons (Fsp3) is 0.929. The summed E-state index contributed by atoms with van der Waals surface area (Å²) in [6.45, 7) is 8.15. The molecule has 0 heterocycles. The highest BCUT2D eigenvalue weighted by Gasteiger charge is 2.23. The van der Waals surface area contributed by atoms with E-state index in [1.165, 1.54) is 25.7 Å². The van der Waals surface area contributed by atoms with Gasteiger partial charge in [0.05, 0.1) is 13.2 Å². The third-order valence-corrected chi connectivity index (χ3v) is 3.77. The highest BCUT2D eigenvalue weighted by atomic mass is 127. The summed E-state index contributed by atoms with van der Waals surface area (Å²) < 4.78 is 0. The first-order valence-electron chi connectivity index (χ1n) is 7.33. The Bertz CT molecular complexity index is 251. The lowest BCUT2D eigenvalue weighted by Crippen LogP contribution is -2.45. The van der Waals surface area contributed by atoms with Gasteiger partial charge in [-0.2, -0.15) is 0 Å². The number of aliphatic hydroxyl groups excluding tert-OH is 1. The van der Waals surface area contributed by atoms with Gasteiger partial charge in [0.1, 0.15) is 0 Å². The van der Waals surface area contributed by atoms with Crippen LogP contribution in [0, 0.1) is 11.8 Å². The Morgan fingerprint density at radius 2 is 1.89 bits per heavy atom. The molecule has 0 unspecified atom stereocenters. The van der Waals surface area contributed by atoms with Crippen LogP contribution in [0.25, 0.3) is 0 Å². The number of aliphatic imine (C=N–C) groups is 1. The molecule has 1 aliphatic rings. The van der Waals surface area contributed by atoms with Crippen LogP contribution in [0.5, 0.6) is 0 Å². The van der Waals surface area contributed by atoms with Crippen LogP contribution in [0.15, 0.2) is 4.99 Å². The molecular weight excluding hydrogens is 353 g/mol. The number of aliphatic hydroxyl groups is 1. The highest BCUT2D eigenvalue weighted by molar-refractivity contribution is 14.0. The maximum absolute atomic E-state index is 8.82. The zero-order valence-electron chi connectivity index (χ0n) is 12.5. The van der Waals surface area contributed by atoms with Gasteiger partial charge < -0.3 is 15.7 Å². The van der Waals surface area contributed by atoms with Gasteiger partial charge >= 0.3 is 0 Å². The van der Waals surface area contributed by atoms with Gasteiger partial charge in [-0.05, 0) is 44.4 Å². The lowest BCUT2D eigenvalue weighted by atomic mass is 9.80. The lowest BCUT2D eigenvalue weighted by molar-refractivity contribution is 0.250. The summed E-state index contributed by atoms with van der Waals surface area (Å²) in [7, 11) is 0. The maximum Gasteiger partial charge on any atom is 0.191 e. The minimum atomic E-state index is 0. The minimum absolute atomic E-state index is 0. The second-order valence-electron chi connectivity index (χ2n) is 5.48. The molecule has 0 amide bonds. The average molecular weight is 383 g/mol. The molecule has 1 saturated carbocycles. The van der Waals surface area contributed by atoms with Crippen molar-refractivity contribution in [3.63, 3.8) is 0 Å². The third-order valence-electron chi connectivity index (χ3n) is 3.77. The first-order valence-corrected chi connectivity index (χ1v) is 7.33. The van der Waals surface area contributed by atoms with E-state index in [4.69, 9.17) is 5.11 Å². The van der Waals surface area contributed by atoms with Crippen molar-refractivity contribution < 1.29 is 5.11 Å². The number of guanidine groups is 1. The van der Waals surface area contributed by atoms with Gasteiger partial charge in [-0.1, -0.05) is 13.8 Å². The molecule has 1 rings (SSSR count). The van der Waals surface area contributed by atoms with Crippen molar-refractivity contribution in [2.75, 3.05) is 19.7 Å². The first kappa shape index (κ1) is 19.0. The predicted molar refractivity (Wildman–Crippen MR) is 92.2 cm³/mol. The van der Waals surface area contributed by atoms with Gasteiger partial charge in [-0.15, -0.1) is 24.0 Å². The Morgan fingerprint density at radius 1 is 1.26 bits per heavy atom. The van der Waals surface area contributed by atoms with Crippen molar-refractivity contribution in [2.24, 2.45) is 16.8 Å². The zero-order chi connectivity index (χ0) is 13.4. The van der Waals surface area contributed by atoms with Crippen LogP contribution in [0.3, 0.4) is 0 Å². The van der Waals surface area contributed by atoms with E-state index in [9.17, 15) is 0 Å². The molecule has 3 N–H and O–H groups in total. The van der Waals surface area contributed by atoms with Crippen LogP contribution in [-0.4, -0.2) is 36.8 Å². The van der Waals surface area contributed by atoms with Crippen LogP contribution in [0.2, 0.25) is 0 Å². The van der Waals surface area contributed by atoms with E-state index in [1.807, 2.05) is 0 Å². The molecule has 0 spiro atoms. The molecule has 1 aliphatic carbocycles. The SMILES string of the molecule is CCNC(=NCCO)NC1CCC(C(C)C)CC1.I. The Labute approximate surface area is 134 Å². The third kappa shape index (κ3) is 7.34. The van der Waals surface area contributed by atoms with Gasteiger partial charge in [0.15, 0.2) is 5.96 Å². The number of hydrogen-bond donors (Lipinski definition) is 3. The molecule has 0 aromatic carbocycles. The molecule has 19 heavy (non-hydrogen) atoms. The van der Waals surface area contributed by atoms with Gasteiger partial charge in [0.25, 0.3) is 0 Å². The Morgan fingerprint density at radius 3 is 2.37 bits per heavy atom. The van der Waals surface area contributed by atoms with E-state index in [0.717, 1.165) is 24.3 Å². The molecule has 1 fully saturated rings. The summed E-state index contributed by atoms with van der Waals surface area (Å²) in [5.74, 6) is 2.54. The van der Waals surface area contributed by atoms with Crippen molar-refractivity contribution in [1.82, 2.24) is 10.6 Å². The van der Waals surface area contributed by atoms with Gasteiger partial charge in [-0.25, -0.2) is 0 Å². The number of halogens is 1. The molecule has 0 aromatic heterocycles. The Kier molecular flexibility index (Phi) is 10.7. The molecule has 0 aromatic rings. The summed E-state index contributed by atoms with van der Waals surface area (Å²) in [5.41, 5.74) is 0. The largest absolute Gasteiger partial charge is 0.394 e. The van der Waals surface area contributed by atoms with Crippen molar-refractivity contribution in [3.8, 4) is 0 Å². The van der Waals surface area contributed by atoms with Crippen LogP contribution in [0.4, 0.5) is 0 Å². The Hall–Kier alpha value is -0.0400. The average Bonchev–Trinajstić information content (AvgIpc) is 2.37. The van der Waals surface area contributed by atoms with E-state index < -0.39 is 0 Å². The van der Waals surface area contributed by atoms with E-state index in [-0.39, 0.29) is 30.6 Å². The molecule has 0 bridgehead atoms. The van der Waals surface area contributed by atoms with E-state index >= 15 is 0 Å². The molecule has 5 heteroatoms. The monoisotopic (exact) mass is 383 g/mol. The van der Waals surface area contributed by atoms with Gasteiger partial charge in [-0.3, -0.25) is 4.99 Å². The summed E-state index contributed by atoms with van der Waals surface area (Å²) >= 11 is 0. The van der Waals surface area contributed by atoms with E-state index in [1.54, 1.807) is 0 Å². The zero-order valence-corrected chi connectivity index (χ0v) is 14.8. The molecule has 4 nitrogen and oxygen atoms in total. The number of nitrogens with one attached hydrogen (secondary N) is 2. The summed E-state index contributed by atoms with van der Waals surface area (Å²) in [6.07, 6.45) is 5.09. The van der Waals surface area contributed by atoms with Crippen molar-refractivity contribution in [3.05, 3.63) is 0 Å². The van der Waals surface area contributed by atoms with E-state index in [0.29, 0.717) is 12.6 Å². The molecule has 0 radical (unpaired) electrons. The van der Waals surface area contributed by atoms with Crippen LogP contribution >= 0.6 is 24.0 Å². The number of rotatable bonds is 5. The summed E-state index contributed by atoms with van der Waals surface area (Å²) in [6, 6.07) is 0.538. The highest BCUT2D eigenvalue weighted by Crippen LogP contribution is 2.29. The molecule has 0 atom stereocenters. The fourth-order valence-corrected chi connectivity index (χ4v) is 2.61. The van der Waals surface area contributed by atoms with Gasteiger partial charge in [0.2, 0.25) is 0 Å². The van der Waals surface area contributed by atoms with Crippen LogP contribution < -0.4 is 10.6 Å². The molecular formula is C14H30IN3O. The fourth-order valence-electron chi connectivity index (χ4n) is 2.61. The van der Waals surface area contributed by atoms with Crippen LogP contribution in [-0.2, 0) is 0 Å². The quantitative estimate of drug-likeness (QED) is 0.388. The van der Waals surface area contributed by atoms with Gasteiger partial charge in [0, 0.05) is 12.6 Å². The first-order chi connectivity index (χ1) is 8.67. The second kappa shape index (κ2) is 10.7. The minimum Gasteiger partial charge on any atom is -0.394 e. The smallest absolute Gasteiger partial charge is 0.191 e. The normalized spacial score (nSPS) is 23.9. The molecule has 114 valence electrons. The topological polar surface area (TPSA) is 56.7 Å². The molecule has 0 saturated heterocycles. The number of nitrogens with zero attached hydrogens (tertiary/aromatic N) is 1. The second-order valence-corrected chi connectivity index (χ2v) is 5.48. The number of hydrogen-bond acceptors (Lipinski definition) is 2. The maximum atomic E-state index is 8.82. The summed E-state index contributed by atoms with van der Waals surface area (Å²) in [5, 5.41) is 15.5. The van der Waals surface area contributed by atoms with Crippen LogP contribution in [0.1, 0.15) is 46.5 Å². The Balaban J connectivity index is 0.00000324. The predicted octanol–water partition coefficient (Wildman–Crippen LogP) is 2.37. The summed E-state index contributed by atoms with van der Waals surface area (Å²) in [4.78, 5) is 4.32. The van der Waals surface area contributed by atoms with Crippen molar-refractivity contribution in [1.29, 1.82) is 0 Å². The van der Waals surface area contributed by atoms with E-state index in [2.05, 4.69) is 36.4 Å².